The first-order valence-electron chi connectivity index (χ1n) is 8.44. The second-order valence-electron chi connectivity index (χ2n) is 6.23. The Morgan fingerprint density at radius 3 is 1.94 bits per heavy atom. The Balaban J connectivity index is 2.61. The van der Waals surface area contributed by atoms with Gasteiger partial charge >= 0.3 is 0 Å². The van der Waals surface area contributed by atoms with Crippen molar-refractivity contribution in [3.05, 3.63) is 11.1 Å². The molecular weight excluding hydrogens is 216 g/mol. The molecule has 0 N–H and O–H groups in total. The predicted octanol–water partition coefficient (Wildman–Crippen LogP) is 6.51. The van der Waals surface area contributed by atoms with E-state index in [1.54, 1.807) is 5.57 Å². The summed E-state index contributed by atoms with van der Waals surface area (Å²) in [4.78, 5) is 0. The fraction of sp³-hybridized carbons (Fsp3) is 0.889. The van der Waals surface area contributed by atoms with Crippen LogP contribution in [0.3, 0.4) is 0 Å². The highest BCUT2D eigenvalue weighted by Crippen LogP contribution is 2.43. The van der Waals surface area contributed by atoms with Crippen molar-refractivity contribution in [1.82, 2.24) is 0 Å². The Hall–Kier alpha value is -0.260. The van der Waals surface area contributed by atoms with Gasteiger partial charge in [0.05, 0.1) is 0 Å². The SMILES string of the molecule is CCCCC1=C(C)C(CCCC)CC1CCCC. The van der Waals surface area contributed by atoms with Gasteiger partial charge in [-0.25, -0.2) is 0 Å². The van der Waals surface area contributed by atoms with Crippen LogP contribution in [0.1, 0.15) is 91.9 Å². The Labute approximate surface area is 115 Å². The molecule has 0 radical (unpaired) electrons. The summed E-state index contributed by atoms with van der Waals surface area (Å²) in [6.07, 6.45) is 14.1. The second kappa shape index (κ2) is 8.77. The van der Waals surface area contributed by atoms with Gasteiger partial charge in [-0.2, -0.15) is 0 Å². The van der Waals surface area contributed by atoms with Crippen molar-refractivity contribution in [2.45, 2.75) is 91.9 Å². The van der Waals surface area contributed by atoms with Crippen LogP contribution in [0, 0.1) is 11.8 Å². The Bertz CT molecular complexity index is 249. The van der Waals surface area contributed by atoms with E-state index in [1.807, 2.05) is 5.57 Å². The van der Waals surface area contributed by atoms with Gasteiger partial charge in [0, 0.05) is 0 Å². The molecule has 0 aromatic carbocycles. The van der Waals surface area contributed by atoms with Crippen molar-refractivity contribution in [3.63, 3.8) is 0 Å². The number of rotatable bonds is 9. The van der Waals surface area contributed by atoms with E-state index in [2.05, 4.69) is 27.7 Å². The van der Waals surface area contributed by atoms with Gasteiger partial charge in [-0.1, -0.05) is 64.0 Å². The molecule has 2 unspecified atom stereocenters. The van der Waals surface area contributed by atoms with E-state index in [9.17, 15) is 0 Å². The van der Waals surface area contributed by atoms with Gasteiger partial charge in [0.1, 0.15) is 0 Å². The van der Waals surface area contributed by atoms with Crippen LogP contribution in [0.2, 0.25) is 0 Å². The highest BCUT2D eigenvalue weighted by molar-refractivity contribution is 5.24. The normalized spacial score (nSPS) is 24.0. The third-order valence-electron chi connectivity index (χ3n) is 4.79. The zero-order valence-electron chi connectivity index (χ0n) is 13.2. The van der Waals surface area contributed by atoms with Gasteiger partial charge < -0.3 is 0 Å². The number of allylic oxidation sites excluding steroid dienone is 2. The molecule has 1 aliphatic carbocycles. The minimum atomic E-state index is 0.929. The van der Waals surface area contributed by atoms with Crippen LogP contribution in [0.15, 0.2) is 11.1 Å². The minimum absolute atomic E-state index is 0.929. The standard InChI is InChI=1S/C18H34/c1-5-8-11-16-14-17(12-9-6-2)18(15(16)4)13-10-7-3/h16-17H,5-14H2,1-4H3. The summed E-state index contributed by atoms with van der Waals surface area (Å²) < 4.78 is 0. The van der Waals surface area contributed by atoms with Crippen LogP contribution in [0.4, 0.5) is 0 Å². The summed E-state index contributed by atoms with van der Waals surface area (Å²) >= 11 is 0. The van der Waals surface area contributed by atoms with E-state index < -0.39 is 0 Å². The molecule has 0 amide bonds. The van der Waals surface area contributed by atoms with Crippen LogP contribution in [-0.4, -0.2) is 0 Å². The van der Waals surface area contributed by atoms with E-state index in [1.165, 1.54) is 64.2 Å². The number of unbranched alkanes of at least 4 members (excludes halogenated alkanes) is 3. The maximum absolute atomic E-state index is 2.44. The first-order valence-corrected chi connectivity index (χ1v) is 8.44. The lowest BCUT2D eigenvalue weighted by Gasteiger charge is -2.15. The van der Waals surface area contributed by atoms with Crippen molar-refractivity contribution in [2.75, 3.05) is 0 Å². The molecule has 0 fully saturated rings. The molecule has 0 saturated heterocycles. The fourth-order valence-corrected chi connectivity index (χ4v) is 3.54. The zero-order chi connectivity index (χ0) is 13.4. The summed E-state index contributed by atoms with van der Waals surface area (Å²) in [7, 11) is 0. The topological polar surface area (TPSA) is 0 Å². The smallest absolute Gasteiger partial charge is 0.0195 e. The first kappa shape index (κ1) is 15.8. The minimum Gasteiger partial charge on any atom is -0.0707 e. The van der Waals surface area contributed by atoms with E-state index >= 15 is 0 Å². The predicted molar refractivity (Wildman–Crippen MR) is 82.9 cm³/mol. The lowest BCUT2D eigenvalue weighted by atomic mass is 9.90. The lowest BCUT2D eigenvalue weighted by molar-refractivity contribution is 0.431. The maximum Gasteiger partial charge on any atom is -0.0195 e. The first-order chi connectivity index (χ1) is 8.74. The molecule has 0 aliphatic heterocycles. The average Bonchev–Trinajstić information content (AvgIpc) is 2.68. The van der Waals surface area contributed by atoms with Crippen LogP contribution < -0.4 is 0 Å². The molecule has 0 bridgehead atoms. The van der Waals surface area contributed by atoms with Gasteiger partial charge in [0.2, 0.25) is 0 Å². The zero-order valence-corrected chi connectivity index (χ0v) is 13.2. The summed E-state index contributed by atoms with van der Waals surface area (Å²) in [5.41, 5.74) is 3.66. The highest BCUT2D eigenvalue weighted by atomic mass is 14.3. The molecule has 2 atom stereocenters. The van der Waals surface area contributed by atoms with Gasteiger partial charge in [0.25, 0.3) is 0 Å². The number of hydrogen-bond donors (Lipinski definition) is 0. The van der Waals surface area contributed by atoms with Crippen molar-refractivity contribution >= 4 is 0 Å². The van der Waals surface area contributed by atoms with E-state index in [-0.39, 0.29) is 0 Å². The molecule has 106 valence electrons. The summed E-state index contributed by atoms with van der Waals surface area (Å²) in [5, 5.41) is 0. The van der Waals surface area contributed by atoms with Crippen molar-refractivity contribution in [1.29, 1.82) is 0 Å². The Morgan fingerprint density at radius 2 is 1.39 bits per heavy atom. The molecule has 1 rings (SSSR count). The summed E-state index contributed by atoms with van der Waals surface area (Å²) in [6.45, 7) is 9.41. The molecule has 0 heteroatoms. The second-order valence-corrected chi connectivity index (χ2v) is 6.23. The largest absolute Gasteiger partial charge is 0.0707 e. The van der Waals surface area contributed by atoms with E-state index in [0.717, 1.165) is 11.8 Å². The molecular formula is C18H34. The van der Waals surface area contributed by atoms with Crippen LogP contribution in [0.25, 0.3) is 0 Å². The average molecular weight is 250 g/mol. The lowest BCUT2D eigenvalue weighted by Crippen LogP contribution is -2.02. The van der Waals surface area contributed by atoms with Crippen LogP contribution >= 0.6 is 0 Å². The third-order valence-corrected chi connectivity index (χ3v) is 4.79. The monoisotopic (exact) mass is 250 g/mol. The molecule has 0 spiro atoms. The Morgan fingerprint density at radius 1 is 0.833 bits per heavy atom. The number of hydrogen-bond acceptors (Lipinski definition) is 0. The molecule has 0 saturated carbocycles. The van der Waals surface area contributed by atoms with Gasteiger partial charge in [0.15, 0.2) is 0 Å². The van der Waals surface area contributed by atoms with Crippen LogP contribution in [0.5, 0.6) is 0 Å². The Kier molecular flexibility index (Phi) is 7.70. The van der Waals surface area contributed by atoms with Gasteiger partial charge in [-0.15, -0.1) is 0 Å². The molecule has 18 heavy (non-hydrogen) atoms. The van der Waals surface area contributed by atoms with E-state index in [4.69, 9.17) is 0 Å². The van der Waals surface area contributed by atoms with Gasteiger partial charge in [-0.3, -0.25) is 0 Å². The third kappa shape index (κ3) is 4.44. The summed E-state index contributed by atoms with van der Waals surface area (Å²) in [5.74, 6) is 1.87. The highest BCUT2D eigenvalue weighted by Gasteiger charge is 2.29. The quantitative estimate of drug-likeness (QED) is 0.409. The molecule has 0 nitrogen and oxygen atoms in total. The van der Waals surface area contributed by atoms with Crippen molar-refractivity contribution in [2.24, 2.45) is 11.8 Å². The van der Waals surface area contributed by atoms with Crippen molar-refractivity contribution in [3.8, 4) is 0 Å². The molecule has 1 aliphatic rings. The maximum atomic E-state index is 2.44. The fourth-order valence-electron chi connectivity index (χ4n) is 3.54. The van der Waals surface area contributed by atoms with Crippen LogP contribution in [-0.2, 0) is 0 Å². The molecule has 0 heterocycles. The summed E-state index contributed by atoms with van der Waals surface area (Å²) in [6, 6.07) is 0. The van der Waals surface area contributed by atoms with Gasteiger partial charge in [-0.05, 0) is 50.9 Å². The molecule has 0 aromatic rings. The van der Waals surface area contributed by atoms with E-state index in [0.29, 0.717) is 0 Å². The molecule has 0 aromatic heterocycles. The van der Waals surface area contributed by atoms with Crippen molar-refractivity contribution < 1.29 is 0 Å².